The Labute approximate surface area is 38.7 Å². The van der Waals surface area contributed by atoms with Gasteiger partial charge in [0.1, 0.15) is 0 Å². The molecule has 0 saturated carbocycles. The van der Waals surface area contributed by atoms with Crippen molar-refractivity contribution in [2.45, 2.75) is 0 Å². The average Bonchev–Trinajstić information content (AvgIpc) is 0.592. The van der Waals surface area contributed by atoms with Gasteiger partial charge in [0.15, 0.2) is 0 Å². The Hall–Kier alpha value is 0.266. The maximum atomic E-state index is 7.36. The third-order valence-corrected chi connectivity index (χ3v) is 0. The van der Waals surface area contributed by atoms with Gasteiger partial charge in [0.2, 0.25) is 0 Å². The molecule has 0 aromatic heterocycles. The molecule has 0 radical (unpaired) electrons. The predicted molar refractivity (Wildman–Crippen MR) is 13.3 cm³/mol. The molecule has 6 N–H and O–H groups in total. The van der Waals surface area contributed by atoms with Crippen molar-refractivity contribution in [3.8, 4) is 0 Å². The zero-order valence-electron chi connectivity index (χ0n) is 3.02. The molecular formula is H6CoO6. The van der Waals surface area contributed by atoms with E-state index in [2.05, 4.69) is 0 Å². The second-order valence-corrected chi connectivity index (χ2v) is 4.12. The molecule has 0 saturated heterocycles. The molecule has 0 aliphatic carbocycles. The third kappa shape index (κ3) is 1610. The molecule has 7 heavy (non-hydrogen) atoms. The van der Waals surface area contributed by atoms with E-state index in [4.69, 9.17) is 25.3 Å². The van der Waals surface area contributed by atoms with Crippen LogP contribution in [0.15, 0.2) is 0 Å². The van der Waals surface area contributed by atoms with Gasteiger partial charge in [-0.1, -0.05) is 0 Å². The monoisotopic (exact) mass is 161 g/mol. The fraction of sp³-hybridized carbons (Fsp3) is 0. The van der Waals surface area contributed by atoms with Crippen molar-refractivity contribution in [3.05, 3.63) is 0 Å². The quantitative estimate of drug-likeness (QED) is 0.221. The average molecular weight is 161 g/mol. The molecule has 0 spiro atoms. The molecule has 0 aromatic rings. The van der Waals surface area contributed by atoms with E-state index < -0.39 is 12.5 Å². The molecule has 0 unspecified atom stereocenters. The van der Waals surface area contributed by atoms with Gasteiger partial charge in [-0.25, -0.2) is 0 Å². The number of rotatable bonds is 0. The molecule has 6 nitrogen and oxygen atoms in total. The molecule has 0 heterocycles. The van der Waals surface area contributed by atoms with Crippen LogP contribution in [-0.2, 0) is 12.5 Å². The summed E-state index contributed by atoms with van der Waals surface area (Å²) >= 11 is -7.65. The fourth-order valence-corrected chi connectivity index (χ4v) is 0. The van der Waals surface area contributed by atoms with Crippen LogP contribution in [-0.4, -0.2) is 25.3 Å². The molecule has 7 heteroatoms. The van der Waals surface area contributed by atoms with Gasteiger partial charge in [0, 0.05) is 0 Å². The summed E-state index contributed by atoms with van der Waals surface area (Å²) in [5.74, 6) is 0. The van der Waals surface area contributed by atoms with Gasteiger partial charge in [0.25, 0.3) is 0 Å². The van der Waals surface area contributed by atoms with E-state index in [9.17, 15) is 0 Å². The van der Waals surface area contributed by atoms with Crippen LogP contribution in [0.1, 0.15) is 0 Å². The Morgan fingerprint density at radius 1 is 0.571 bits per heavy atom. The van der Waals surface area contributed by atoms with E-state index in [1.165, 1.54) is 0 Å². The summed E-state index contributed by atoms with van der Waals surface area (Å²) in [7, 11) is 0. The minimum atomic E-state index is -7.65. The molecule has 0 aliphatic rings. The summed E-state index contributed by atoms with van der Waals surface area (Å²) in [6.45, 7) is 0. The molecule has 0 fully saturated rings. The van der Waals surface area contributed by atoms with Crippen molar-refractivity contribution in [1.29, 1.82) is 0 Å². The maximum absolute atomic E-state index is 7.65. The van der Waals surface area contributed by atoms with Crippen molar-refractivity contribution in [2.24, 2.45) is 0 Å². The summed E-state index contributed by atoms with van der Waals surface area (Å²) in [5, 5.41) is 0. The van der Waals surface area contributed by atoms with Crippen LogP contribution in [0.5, 0.6) is 0 Å². The number of hydrogen-bond donors (Lipinski definition) is 6. The Balaban J connectivity index is 4.43. The van der Waals surface area contributed by atoms with Gasteiger partial charge in [-0.2, -0.15) is 0 Å². The summed E-state index contributed by atoms with van der Waals surface area (Å²) in [6.07, 6.45) is 0. The van der Waals surface area contributed by atoms with E-state index >= 15 is 0 Å². The first-order valence-corrected chi connectivity index (χ1v) is 3.69. The zero-order chi connectivity index (χ0) is 6.41. The molecule has 0 amide bonds. The van der Waals surface area contributed by atoms with Gasteiger partial charge in [0.05, 0.1) is 0 Å². The summed E-state index contributed by atoms with van der Waals surface area (Å²) in [6, 6.07) is 0. The summed E-state index contributed by atoms with van der Waals surface area (Å²) in [5.41, 5.74) is 0. The van der Waals surface area contributed by atoms with Crippen LogP contribution in [0, 0.1) is 0 Å². The second kappa shape index (κ2) is 0.746. The van der Waals surface area contributed by atoms with Crippen LogP contribution in [0.3, 0.4) is 0 Å². The van der Waals surface area contributed by atoms with Crippen LogP contribution >= 0.6 is 0 Å². The van der Waals surface area contributed by atoms with E-state index in [0.29, 0.717) is 0 Å². The van der Waals surface area contributed by atoms with Crippen molar-refractivity contribution in [3.63, 3.8) is 0 Å². The van der Waals surface area contributed by atoms with Crippen LogP contribution in [0.25, 0.3) is 0 Å². The van der Waals surface area contributed by atoms with Crippen molar-refractivity contribution < 1.29 is 37.8 Å². The predicted octanol–water partition coefficient (Wildman–Crippen LogP) is -3.34. The molecule has 0 bridgehead atoms. The SMILES string of the molecule is [OH][Co]([OH])([OH])([OH])([OH])[OH]. The van der Waals surface area contributed by atoms with Gasteiger partial charge < -0.3 is 0 Å². The van der Waals surface area contributed by atoms with Crippen molar-refractivity contribution in [2.75, 3.05) is 0 Å². The first-order chi connectivity index (χ1) is 2.45. The van der Waals surface area contributed by atoms with Crippen molar-refractivity contribution in [1.82, 2.24) is 0 Å². The van der Waals surface area contributed by atoms with E-state index in [1.54, 1.807) is 0 Å². The van der Waals surface area contributed by atoms with Gasteiger partial charge >= 0.3 is 37.8 Å². The van der Waals surface area contributed by atoms with Gasteiger partial charge in [-0.3, -0.25) is 0 Å². The summed E-state index contributed by atoms with van der Waals surface area (Å²) in [4.78, 5) is 0. The topological polar surface area (TPSA) is 121 Å². The van der Waals surface area contributed by atoms with Gasteiger partial charge in [-0.15, -0.1) is 0 Å². The van der Waals surface area contributed by atoms with Crippen molar-refractivity contribution >= 4 is 0 Å². The van der Waals surface area contributed by atoms with E-state index in [-0.39, 0.29) is 0 Å². The molecule has 0 rings (SSSR count). The normalized spacial score (nSPS) is 23.1. The fourth-order valence-electron chi connectivity index (χ4n) is 0. The van der Waals surface area contributed by atoms with Crippen LogP contribution in [0.4, 0.5) is 0 Å². The third-order valence-electron chi connectivity index (χ3n) is 0. The standard InChI is InChI=1S/Co.6H2O/h;6*1H2/q+6;;;;;;/p-6. The van der Waals surface area contributed by atoms with E-state index in [0.717, 1.165) is 0 Å². The Kier molecular flexibility index (Phi) is 0.774. The first-order valence-electron chi connectivity index (χ1n) is 0.894. The minimum absolute atomic E-state index is 7.36. The Morgan fingerprint density at radius 2 is 0.571 bits per heavy atom. The van der Waals surface area contributed by atoms with Gasteiger partial charge in [-0.05, 0) is 0 Å². The Morgan fingerprint density at radius 3 is 0.571 bits per heavy atom. The second-order valence-electron chi connectivity index (χ2n) is 1.000. The molecule has 0 aromatic carbocycles. The van der Waals surface area contributed by atoms with Crippen LogP contribution in [0.2, 0.25) is 0 Å². The zero-order valence-corrected chi connectivity index (χ0v) is 4.06. The molecule has 51 valence electrons. The van der Waals surface area contributed by atoms with Crippen LogP contribution < -0.4 is 0 Å². The van der Waals surface area contributed by atoms with E-state index in [1.807, 2.05) is 0 Å². The molecular weight excluding hydrogens is 155 g/mol. The Bertz CT molecular complexity index is 62.7. The summed E-state index contributed by atoms with van der Waals surface area (Å²) < 4.78 is 44.2. The number of hydrogen-bond acceptors (Lipinski definition) is 6. The molecule has 0 aliphatic heterocycles. The first kappa shape index (κ1) is 7.27. The molecule has 0 atom stereocenters.